The van der Waals surface area contributed by atoms with Crippen molar-refractivity contribution in [2.45, 2.75) is 12.8 Å². The van der Waals surface area contributed by atoms with Crippen LogP contribution in [0.3, 0.4) is 0 Å². The van der Waals surface area contributed by atoms with Crippen molar-refractivity contribution in [3.8, 4) is 5.75 Å². The molecular formula is C14H19N3O. The second-order valence-corrected chi connectivity index (χ2v) is 4.17. The van der Waals surface area contributed by atoms with Crippen molar-refractivity contribution in [2.24, 2.45) is 5.73 Å². The first-order chi connectivity index (χ1) is 8.85. The van der Waals surface area contributed by atoms with Crippen LogP contribution < -0.4 is 15.8 Å². The Hall–Kier alpha value is -1.81. The van der Waals surface area contributed by atoms with Crippen LogP contribution in [0.15, 0.2) is 30.5 Å². The molecule has 2 rings (SSSR count). The molecule has 0 bridgehead atoms. The molecule has 0 saturated heterocycles. The van der Waals surface area contributed by atoms with E-state index in [-0.39, 0.29) is 0 Å². The van der Waals surface area contributed by atoms with E-state index >= 15 is 0 Å². The predicted octanol–water partition coefficient (Wildman–Crippen LogP) is 2.39. The van der Waals surface area contributed by atoms with Crippen LogP contribution in [0.1, 0.15) is 12.8 Å². The molecule has 96 valence electrons. The number of fused-ring (bicyclic) bond motifs is 1. The molecule has 1 aromatic carbocycles. The molecule has 0 amide bonds. The molecule has 0 aliphatic heterocycles. The van der Waals surface area contributed by atoms with Gasteiger partial charge in [0.25, 0.3) is 0 Å². The molecular weight excluding hydrogens is 226 g/mol. The number of nitrogens with one attached hydrogen (secondary N) is 1. The minimum atomic E-state index is 0.735. The first-order valence-electron chi connectivity index (χ1n) is 6.22. The SMILES string of the molecule is COc1cc(NCCCCN)c2ncccc2c1. The zero-order valence-corrected chi connectivity index (χ0v) is 10.6. The van der Waals surface area contributed by atoms with Crippen molar-refractivity contribution < 1.29 is 4.74 Å². The van der Waals surface area contributed by atoms with Crippen molar-refractivity contribution in [1.29, 1.82) is 0 Å². The highest BCUT2D eigenvalue weighted by atomic mass is 16.5. The van der Waals surface area contributed by atoms with Crippen molar-refractivity contribution in [3.63, 3.8) is 0 Å². The minimum absolute atomic E-state index is 0.735. The number of nitrogens with two attached hydrogens (primary N) is 1. The Labute approximate surface area is 107 Å². The molecule has 2 aromatic rings. The monoisotopic (exact) mass is 245 g/mol. The molecule has 3 N–H and O–H groups in total. The molecule has 18 heavy (non-hydrogen) atoms. The second-order valence-electron chi connectivity index (χ2n) is 4.17. The van der Waals surface area contributed by atoms with E-state index in [1.807, 2.05) is 24.3 Å². The lowest BCUT2D eigenvalue weighted by atomic mass is 10.1. The van der Waals surface area contributed by atoms with Crippen LogP contribution in [-0.2, 0) is 0 Å². The number of unbranched alkanes of at least 4 members (excludes halogenated alkanes) is 1. The summed E-state index contributed by atoms with van der Waals surface area (Å²) in [4.78, 5) is 4.41. The van der Waals surface area contributed by atoms with E-state index < -0.39 is 0 Å². The Morgan fingerprint density at radius 1 is 1.33 bits per heavy atom. The van der Waals surface area contributed by atoms with Crippen LogP contribution in [0.5, 0.6) is 5.75 Å². The van der Waals surface area contributed by atoms with Crippen LogP contribution in [0.4, 0.5) is 5.69 Å². The summed E-state index contributed by atoms with van der Waals surface area (Å²) in [6.07, 6.45) is 3.89. The lowest BCUT2D eigenvalue weighted by molar-refractivity contribution is 0.415. The highest BCUT2D eigenvalue weighted by Gasteiger charge is 2.04. The maximum Gasteiger partial charge on any atom is 0.121 e. The first-order valence-corrected chi connectivity index (χ1v) is 6.22. The fourth-order valence-electron chi connectivity index (χ4n) is 1.91. The summed E-state index contributed by atoms with van der Waals surface area (Å²) in [7, 11) is 1.68. The van der Waals surface area contributed by atoms with E-state index in [2.05, 4.69) is 10.3 Å². The molecule has 0 radical (unpaired) electrons. The summed E-state index contributed by atoms with van der Waals surface area (Å²) in [6, 6.07) is 7.95. The average Bonchev–Trinajstić information content (AvgIpc) is 2.43. The summed E-state index contributed by atoms with van der Waals surface area (Å²) in [5, 5.41) is 4.48. The van der Waals surface area contributed by atoms with E-state index in [9.17, 15) is 0 Å². The van der Waals surface area contributed by atoms with Crippen molar-refractivity contribution in [2.75, 3.05) is 25.5 Å². The fourth-order valence-corrected chi connectivity index (χ4v) is 1.91. The number of aromatic nitrogens is 1. The third-order valence-electron chi connectivity index (χ3n) is 2.86. The van der Waals surface area contributed by atoms with E-state index in [4.69, 9.17) is 10.5 Å². The van der Waals surface area contributed by atoms with Gasteiger partial charge in [-0.25, -0.2) is 0 Å². The molecule has 1 heterocycles. The van der Waals surface area contributed by atoms with Gasteiger partial charge in [0.05, 0.1) is 18.3 Å². The number of methoxy groups -OCH3 is 1. The van der Waals surface area contributed by atoms with Crippen LogP contribution in [-0.4, -0.2) is 25.2 Å². The van der Waals surface area contributed by atoms with Gasteiger partial charge in [0, 0.05) is 24.2 Å². The molecule has 1 aromatic heterocycles. The van der Waals surface area contributed by atoms with E-state index in [0.29, 0.717) is 0 Å². The summed E-state index contributed by atoms with van der Waals surface area (Å²) in [6.45, 7) is 1.63. The van der Waals surface area contributed by atoms with Gasteiger partial charge >= 0.3 is 0 Å². The van der Waals surface area contributed by atoms with Crippen LogP contribution in [0.2, 0.25) is 0 Å². The zero-order valence-electron chi connectivity index (χ0n) is 10.6. The Morgan fingerprint density at radius 2 is 2.22 bits per heavy atom. The van der Waals surface area contributed by atoms with Crippen LogP contribution in [0.25, 0.3) is 10.9 Å². The summed E-state index contributed by atoms with van der Waals surface area (Å²) in [5.74, 6) is 0.844. The number of ether oxygens (including phenoxy) is 1. The number of benzene rings is 1. The van der Waals surface area contributed by atoms with E-state index in [0.717, 1.165) is 48.3 Å². The quantitative estimate of drug-likeness (QED) is 0.767. The molecule has 4 nitrogen and oxygen atoms in total. The summed E-state index contributed by atoms with van der Waals surface area (Å²) >= 11 is 0. The molecule has 0 aliphatic carbocycles. The first kappa shape index (κ1) is 12.6. The van der Waals surface area contributed by atoms with Crippen LogP contribution >= 0.6 is 0 Å². The van der Waals surface area contributed by atoms with Gasteiger partial charge in [0.15, 0.2) is 0 Å². The lowest BCUT2D eigenvalue weighted by Crippen LogP contribution is -2.06. The number of nitrogens with zero attached hydrogens (tertiary/aromatic N) is 1. The second kappa shape index (κ2) is 6.21. The summed E-state index contributed by atoms with van der Waals surface area (Å²) in [5.41, 5.74) is 7.48. The third-order valence-corrected chi connectivity index (χ3v) is 2.86. The molecule has 0 fully saturated rings. The summed E-state index contributed by atoms with van der Waals surface area (Å²) < 4.78 is 5.30. The number of anilines is 1. The van der Waals surface area contributed by atoms with Gasteiger partial charge in [0.1, 0.15) is 5.75 Å². The number of hydrogen-bond acceptors (Lipinski definition) is 4. The third kappa shape index (κ3) is 2.90. The molecule has 0 aliphatic rings. The molecule has 0 spiro atoms. The number of rotatable bonds is 6. The maximum atomic E-state index is 5.48. The predicted molar refractivity (Wildman–Crippen MR) is 75.1 cm³/mol. The average molecular weight is 245 g/mol. The van der Waals surface area contributed by atoms with Gasteiger partial charge in [-0.05, 0) is 31.5 Å². The van der Waals surface area contributed by atoms with Crippen molar-refractivity contribution in [1.82, 2.24) is 4.98 Å². The van der Waals surface area contributed by atoms with Gasteiger partial charge in [-0.3, -0.25) is 4.98 Å². The molecule has 4 heteroatoms. The smallest absolute Gasteiger partial charge is 0.121 e. The normalized spacial score (nSPS) is 10.6. The zero-order chi connectivity index (χ0) is 12.8. The largest absolute Gasteiger partial charge is 0.497 e. The van der Waals surface area contributed by atoms with Crippen LogP contribution in [0, 0.1) is 0 Å². The van der Waals surface area contributed by atoms with E-state index in [1.165, 1.54) is 0 Å². The maximum absolute atomic E-state index is 5.48. The Kier molecular flexibility index (Phi) is 4.36. The lowest BCUT2D eigenvalue weighted by Gasteiger charge is -2.11. The minimum Gasteiger partial charge on any atom is -0.497 e. The molecule has 0 unspecified atom stereocenters. The Bertz CT molecular complexity index is 513. The van der Waals surface area contributed by atoms with Gasteiger partial charge in [0.2, 0.25) is 0 Å². The standard InChI is InChI=1S/C14H19N3O/c1-18-12-9-11-5-4-8-17-14(11)13(10-12)16-7-3-2-6-15/h4-5,8-10,16H,2-3,6-7,15H2,1H3. The topological polar surface area (TPSA) is 60.2 Å². The number of hydrogen-bond donors (Lipinski definition) is 2. The van der Waals surface area contributed by atoms with Crippen molar-refractivity contribution in [3.05, 3.63) is 30.5 Å². The Balaban J connectivity index is 2.23. The molecule has 0 saturated carbocycles. The highest BCUT2D eigenvalue weighted by Crippen LogP contribution is 2.27. The van der Waals surface area contributed by atoms with Gasteiger partial charge in [-0.15, -0.1) is 0 Å². The number of pyridine rings is 1. The van der Waals surface area contributed by atoms with Gasteiger partial charge in [-0.1, -0.05) is 6.07 Å². The highest BCUT2D eigenvalue weighted by molar-refractivity contribution is 5.91. The van der Waals surface area contributed by atoms with E-state index in [1.54, 1.807) is 13.3 Å². The van der Waals surface area contributed by atoms with Gasteiger partial charge in [-0.2, -0.15) is 0 Å². The van der Waals surface area contributed by atoms with Crippen molar-refractivity contribution >= 4 is 16.6 Å². The Morgan fingerprint density at radius 3 is 3.00 bits per heavy atom. The fraction of sp³-hybridized carbons (Fsp3) is 0.357. The van der Waals surface area contributed by atoms with Gasteiger partial charge < -0.3 is 15.8 Å². The molecule has 0 atom stereocenters.